The number of ether oxygens (including phenoxy) is 2. The zero-order valence-electron chi connectivity index (χ0n) is 15.9. The number of aryl methyl sites for hydroxylation is 1. The fraction of sp³-hybridized carbons (Fsp3) is 0.438. The first kappa shape index (κ1) is 23.9. The summed E-state index contributed by atoms with van der Waals surface area (Å²) < 4.78 is 12.3. The molecule has 0 atom stereocenters. The van der Waals surface area contributed by atoms with E-state index in [2.05, 4.69) is 20.7 Å². The predicted molar refractivity (Wildman–Crippen MR) is 117 cm³/mol. The van der Waals surface area contributed by atoms with Gasteiger partial charge in [0.25, 0.3) is 5.95 Å². The van der Waals surface area contributed by atoms with E-state index in [9.17, 15) is 0 Å². The number of nitrogens with zero attached hydrogens (tertiary/aromatic N) is 5. The first-order valence-corrected chi connectivity index (χ1v) is 9.21. The van der Waals surface area contributed by atoms with Crippen LogP contribution in [0.5, 0.6) is 11.5 Å². The number of nitrogen functional groups attached to an aromatic ring is 1. The quantitative estimate of drug-likeness (QED) is 0.247. The van der Waals surface area contributed by atoms with Crippen molar-refractivity contribution in [2.75, 3.05) is 55.2 Å². The maximum atomic E-state index is 5.91. The number of rotatable bonds is 10. The molecule has 0 bridgehead atoms. The normalized spacial score (nSPS) is 10.6. The second kappa shape index (κ2) is 11.7. The maximum absolute atomic E-state index is 5.91. The van der Waals surface area contributed by atoms with Crippen LogP contribution >= 0.6 is 35.6 Å². The SMILES string of the molecule is COc1cc(N(CCCl)CCCl)c(OC)cc1/C=N\Nc1nnc(C)n1N.Cl. The van der Waals surface area contributed by atoms with E-state index in [4.69, 9.17) is 38.5 Å². The second-order valence-electron chi connectivity index (χ2n) is 5.44. The maximum Gasteiger partial charge on any atom is 0.263 e. The number of anilines is 2. The first-order valence-electron chi connectivity index (χ1n) is 8.14. The molecule has 0 saturated heterocycles. The lowest BCUT2D eigenvalue weighted by atomic mass is 10.1. The summed E-state index contributed by atoms with van der Waals surface area (Å²) in [6.07, 6.45) is 1.59. The van der Waals surface area contributed by atoms with Crippen LogP contribution < -0.4 is 25.6 Å². The Bertz CT molecular complexity index is 780. The summed E-state index contributed by atoms with van der Waals surface area (Å²) >= 11 is 11.8. The van der Waals surface area contributed by atoms with Gasteiger partial charge < -0.3 is 20.2 Å². The number of nitrogens with one attached hydrogen (secondary N) is 1. The molecular weight excluding hydrogens is 429 g/mol. The Morgan fingerprint density at radius 1 is 1.18 bits per heavy atom. The number of alkyl halides is 2. The lowest BCUT2D eigenvalue weighted by Gasteiger charge is -2.26. The molecule has 0 radical (unpaired) electrons. The summed E-state index contributed by atoms with van der Waals surface area (Å²) in [4.78, 5) is 2.04. The Hall–Kier alpha value is -2.10. The van der Waals surface area contributed by atoms with E-state index in [1.807, 2.05) is 17.0 Å². The molecule has 0 aliphatic carbocycles. The van der Waals surface area contributed by atoms with Gasteiger partial charge in [-0.15, -0.1) is 45.8 Å². The lowest BCUT2D eigenvalue weighted by molar-refractivity contribution is 0.402. The molecule has 0 saturated carbocycles. The Morgan fingerprint density at radius 3 is 2.32 bits per heavy atom. The molecule has 1 heterocycles. The van der Waals surface area contributed by atoms with Crippen molar-refractivity contribution in [2.45, 2.75) is 6.92 Å². The van der Waals surface area contributed by atoms with Crippen LogP contribution in [0.1, 0.15) is 11.4 Å². The molecule has 0 spiro atoms. The third-order valence-electron chi connectivity index (χ3n) is 3.82. The minimum Gasteiger partial charge on any atom is -0.496 e. The van der Waals surface area contributed by atoms with Crippen LogP contribution in [0.4, 0.5) is 11.6 Å². The Balaban J connectivity index is 0.00000392. The average molecular weight is 453 g/mol. The molecule has 28 heavy (non-hydrogen) atoms. The smallest absolute Gasteiger partial charge is 0.263 e. The van der Waals surface area contributed by atoms with E-state index < -0.39 is 0 Å². The van der Waals surface area contributed by atoms with Gasteiger partial charge in [0.15, 0.2) is 5.82 Å². The van der Waals surface area contributed by atoms with Gasteiger partial charge in [-0.1, -0.05) is 0 Å². The Labute approximate surface area is 180 Å². The fourth-order valence-electron chi connectivity index (χ4n) is 2.42. The van der Waals surface area contributed by atoms with Crippen LogP contribution in [-0.4, -0.2) is 60.2 Å². The summed E-state index contributed by atoms with van der Waals surface area (Å²) in [7, 11) is 3.19. The number of hydrogen-bond acceptors (Lipinski definition) is 8. The zero-order valence-corrected chi connectivity index (χ0v) is 18.2. The largest absolute Gasteiger partial charge is 0.496 e. The molecule has 1 aromatic heterocycles. The van der Waals surface area contributed by atoms with Crippen LogP contribution in [0, 0.1) is 6.92 Å². The van der Waals surface area contributed by atoms with Gasteiger partial charge in [-0.2, -0.15) is 5.10 Å². The molecule has 12 heteroatoms. The van der Waals surface area contributed by atoms with Gasteiger partial charge >= 0.3 is 0 Å². The number of methoxy groups -OCH3 is 2. The van der Waals surface area contributed by atoms with Crippen LogP contribution in [0.2, 0.25) is 0 Å². The number of halogens is 3. The molecule has 2 aromatic rings. The standard InChI is InChI=1S/C16H23Cl2N7O2.ClH/c1-11-21-23-16(25(11)19)22-20-10-12-8-15(27-3)13(9-14(12)26-2)24(6-4-17)7-5-18;/h8-10H,4-7,19H2,1-3H3,(H,22,23);1H/b20-10-;. The summed E-state index contributed by atoms with van der Waals surface area (Å²) in [6, 6.07) is 3.70. The summed E-state index contributed by atoms with van der Waals surface area (Å²) in [5.74, 6) is 8.88. The highest BCUT2D eigenvalue weighted by Gasteiger charge is 2.16. The van der Waals surface area contributed by atoms with Gasteiger partial charge in [-0.25, -0.2) is 10.1 Å². The summed E-state index contributed by atoms with van der Waals surface area (Å²) in [5.41, 5.74) is 4.30. The topological polar surface area (TPSA) is 103 Å². The third kappa shape index (κ3) is 5.70. The molecule has 1 aromatic carbocycles. The van der Waals surface area contributed by atoms with Crippen LogP contribution in [0.3, 0.4) is 0 Å². The molecule has 3 N–H and O–H groups in total. The second-order valence-corrected chi connectivity index (χ2v) is 6.20. The summed E-state index contributed by atoms with van der Waals surface area (Å²) in [6.45, 7) is 3.00. The van der Waals surface area contributed by atoms with E-state index in [1.165, 1.54) is 4.68 Å². The molecule has 2 rings (SSSR count). The molecule has 0 unspecified atom stereocenters. The van der Waals surface area contributed by atoms with E-state index in [1.54, 1.807) is 27.4 Å². The lowest BCUT2D eigenvalue weighted by Crippen LogP contribution is -2.28. The molecule has 156 valence electrons. The number of benzene rings is 1. The van der Waals surface area contributed by atoms with Crippen molar-refractivity contribution >= 4 is 53.5 Å². The van der Waals surface area contributed by atoms with Crippen molar-refractivity contribution in [2.24, 2.45) is 5.10 Å². The molecular formula is C16H24Cl3N7O2. The van der Waals surface area contributed by atoms with Gasteiger partial charge in [0.05, 0.1) is 26.1 Å². The number of aromatic nitrogens is 3. The van der Waals surface area contributed by atoms with E-state index in [0.717, 1.165) is 5.69 Å². The zero-order chi connectivity index (χ0) is 19.8. The number of hydrogen-bond donors (Lipinski definition) is 2. The van der Waals surface area contributed by atoms with Crippen LogP contribution in [0.25, 0.3) is 0 Å². The van der Waals surface area contributed by atoms with Gasteiger partial charge in [-0.3, -0.25) is 0 Å². The van der Waals surface area contributed by atoms with Gasteiger partial charge in [-0.05, 0) is 13.0 Å². The average Bonchev–Trinajstić information content (AvgIpc) is 2.99. The fourth-order valence-corrected chi connectivity index (χ4v) is 2.82. The monoisotopic (exact) mass is 451 g/mol. The highest BCUT2D eigenvalue weighted by atomic mass is 35.5. The Morgan fingerprint density at radius 2 is 1.82 bits per heavy atom. The van der Waals surface area contributed by atoms with Crippen molar-refractivity contribution in [1.29, 1.82) is 0 Å². The van der Waals surface area contributed by atoms with Gasteiger partial charge in [0.2, 0.25) is 0 Å². The highest BCUT2D eigenvalue weighted by Crippen LogP contribution is 2.35. The highest BCUT2D eigenvalue weighted by molar-refractivity contribution is 6.18. The molecule has 0 fully saturated rings. The van der Waals surface area contributed by atoms with Crippen LogP contribution in [-0.2, 0) is 0 Å². The van der Waals surface area contributed by atoms with Crippen molar-refractivity contribution in [1.82, 2.24) is 14.9 Å². The van der Waals surface area contributed by atoms with Crippen molar-refractivity contribution in [3.05, 3.63) is 23.5 Å². The van der Waals surface area contributed by atoms with E-state index in [-0.39, 0.29) is 12.4 Å². The van der Waals surface area contributed by atoms with Crippen molar-refractivity contribution in [3.8, 4) is 11.5 Å². The molecule has 9 nitrogen and oxygen atoms in total. The van der Waals surface area contributed by atoms with E-state index >= 15 is 0 Å². The van der Waals surface area contributed by atoms with Gasteiger partial charge in [0.1, 0.15) is 11.5 Å². The molecule has 0 amide bonds. The first-order chi connectivity index (χ1) is 13.0. The van der Waals surface area contributed by atoms with Crippen molar-refractivity contribution in [3.63, 3.8) is 0 Å². The summed E-state index contributed by atoms with van der Waals surface area (Å²) in [5, 5.41) is 11.9. The van der Waals surface area contributed by atoms with E-state index in [0.29, 0.717) is 53.7 Å². The number of hydrazone groups is 1. The predicted octanol–water partition coefficient (Wildman–Crippen LogP) is 2.47. The van der Waals surface area contributed by atoms with Crippen LogP contribution in [0.15, 0.2) is 17.2 Å². The van der Waals surface area contributed by atoms with Crippen molar-refractivity contribution < 1.29 is 9.47 Å². The molecule has 0 aliphatic heterocycles. The van der Waals surface area contributed by atoms with Gasteiger partial charge in [0, 0.05) is 36.5 Å². The third-order valence-corrected chi connectivity index (χ3v) is 4.15. The molecule has 0 aliphatic rings. The number of nitrogens with two attached hydrogens (primary N) is 1. The Kier molecular flexibility index (Phi) is 9.98. The minimum atomic E-state index is 0. The minimum absolute atomic E-state index is 0.